The molecule has 0 aromatic rings. The lowest BCUT2D eigenvalue weighted by molar-refractivity contribution is -0.133. The zero-order valence-electron chi connectivity index (χ0n) is 15.8. The summed E-state index contributed by atoms with van der Waals surface area (Å²) < 4.78 is 4.94. The molecule has 1 heterocycles. The van der Waals surface area contributed by atoms with Gasteiger partial charge in [-0.2, -0.15) is 0 Å². The van der Waals surface area contributed by atoms with Gasteiger partial charge in [0.1, 0.15) is 0 Å². The second-order valence-corrected chi connectivity index (χ2v) is 7.83. The fraction of sp³-hybridized carbons (Fsp3) is 0.905. The van der Waals surface area contributed by atoms with Crippen molar-refractivity contribution in [3.8, 4) is 0 Å². The van der Waals surface area contributed by atoms with Crippen LogP contribution in [0.4, 0.5) is 0 Å². The third-order valence-electron chi connectivity index (χ3n) is 5.12. The van der Waals surface area contributed by atoms with E-state index in [0.29, 0.717) is 11.5 Å². The van der Waals surface area contributed by atoms with Crippen molar-refractivity contribution in [1.82, 2.24) is 0 Å². The van der Waals surface area contributed by atoms with Crippen molar-refractivity contribution < 1.29 is 9.53 Å². The predicted molar refractivity (Wildman–Crippen MR) is 106 cm³/mol. The van der Waals surface area contributed by atoms with Gasteiger partial charge in [0.25, 0.3) is 0 Å². The third-order valence-corrected chi connectivity index (χ3v) is 5.53. The molecule has 0 N–H and O–H groups in total. The molecule has 140 valence electrons. The van der Waals surface area contributed by atoms with Crippen molar-refractivity contribution in [1.29, 1.82) is 0 Å². The maximum Gasteiger partial charge on any atom is 0.312 e. The maximum atomic E-state index is 11.1. The topological polar surface area (TPSA) is 26.3 Å². The highest BCUT2D eigenvalue weighted by atomic mass is 32.1. The van der Waals surface area contributed by atoms with Crippen LogP contribution in [0.25, 0.3) is 0 Å². The highest BCUT2D eigenvalue weighted by molar-refractivity contribution is 7.80. The zero-order chi connectivity index (χ0) is 17.5. The van der Waals surface area contributed by atoms with Crippen LogP contribution in [0.3, 0.4) is 0 Å². The van der Waals surface area contributed by atoms with Gasteiger partial charge in [0, 0.05) is 5.92 Å². The summed E-state index contributed by atoms with van der Waals surface area (Å²) in [5.74, 6) is 0.0837. The van der Waals surface area contributed by atoms with E-state index in [0.717, 1.165) is 6.42 Å². The number of ether oxygens (including phenoxy) is 1. The van der Waals surface area contributed by atoms with Crippen LogP contribution in [-0.2, 0) is 9.53 Å². The molecule has 1 atom stereocenters. The van der Waals surface area contributed by atoms with Crippen LogP contribution in [-0.4, -0.2) is 11.0 Å². The number of hydrogen-bond acceptors (Lipinski definition) is 3. The lowest BCUT2D eigenvalue weighted by Crippen LogP contribution is -2.04. The lowest BCUT2D eigenvalue weighted by atomic mass is 9.99. The van der Waals surface area contributed by atoms with Gasteiger partial charge in [-0.3, -0.25) is 4.79 Å². The molecule has 1 aliphatic heterocycles. The van der Waals surface area contributed by atoms with Crippen LogP contribution in [0.1, 0.15) is 116 Å². The standard InChI is InChI=1S/C21H38O2S/c1-2-3-4-5-6-7-8-9-10-11-12-13-14-15-16-17-19-18-20(22)23-21(19)24/h19H,2-18H2,1H3. The molecule has 3 heteroatoms. The molecule has 0 amide bonds. The molecule has 0 aliphatic carbocycles. The minimum absolute atomic E-state index is 0.133. The summed E-state index contributed by atoms with van der Waals surface area (Å²) in [4.78, 5) is 11.1. The highest BCUT2D eigenvalue weighted by Gasteiger charge is 2.28. The molecule has 1 saturated heterocycles. The minimum atomic E-state index is -0.133. The smallest absolute Gasteiger partial charge is 0.312 e. The number of hydrogen-bond donors (Lipinski definition) is 0. The Kier molecular flexibility index (Phi) is 13.4. The minimum Gasteiger partial charge on any atom is -0.419 e. The van der Waals surface area contributed by atoms with E-state index in [-0.39, 0.29) is 11.9 Å². The summed E-state index contributed by atoms with van der Waals surface area (Å²) in [6.07, 6.45) is 22.3. The van der Waals surface area contributed by atoms with Crippen LogP contribution in [0.2, 0.25) is 0 Å². The summed E-state index contributed by atoms with van der Waals surface area (Å²) in [5, 5.41) is 0.533. The second-order valence-electron chi connectivity index (χ2n) is 7.43. The maximum absolute atomic E-state index is 11.1. The first-order chi connectivity index (χ1) is 11.7. The monoisotopic (exact) mass is 354 g/mol. The van der Waals surface area contributed by atoms with Crippen molar-refractivity contribution >= 4 is 23.2 Å². The SMILES string of the molecule is CCCCCCCCCCCCCCCCCC1CC(=O)OC1=S. The average Bonchev–Trinajstić information content (AvgIpc) is 2.88. The van der Waals surface area contributed by atoms with Crippen LogP contribution in [0.5, 0.6) is 0 Å². The van der Waals surface area contributed by atoms with E-state index in [2.05, 4.69) is 6.92 Å². The first-order valence-corrected chi connectivity index (χ1v) is 10.9. The Morgan fingerprint density at radius 3 is 1.58 bits per heavy atom. The largest absolute Gasteiger partial charge is 0.419 e. The average molecular weight is 355 g/mol. The van der Waals surface area contributed by atoms with E-state index >= 15 is 0 Å². The Hall–Kier alpha value is -0.440. The van der Waals surface area contributed by atoms with Crippen molar-refractivity contribution in [2.45, 2.75) is 116 Å². The van der Waals surface area contributed by atoms with E-state index in [1.54, 1.807) is 0 Å². The van der Waals surface area contributed by atoms with Gasteiger partial charge in [-0.1, -0.05) is 103 Å². The van der Waals surface area contributed by atoms with E-state index in [1.165, 1.54) is 96.3 Å². The van der Waals surface area contributed by atoms with Crippen LogP contribution < -0.4 is 0 Å². The van der Waals surface area contributed by atoms with Crippen molar-refractivity contribution in [3.05, 3.63) is 0 Å². The Morgan fingerprint density at radius 2 is 1.21 bits per heavy atom. The lowest BCUT2D eigenvalue weighted by Gasteiger charge is -2.06. The van der Waals surface area contributed by atoms with Gasteiger partial charge in [-0.25, -0.2) is 0 Å². The van der Waals surface area contributed by atoms with E-state index in [1.807, 2.05) is 0 Å². The zero-order valence-corrected chi connectivity index (χ0v) is 16.6. The van der Waals surface area contributed by atoms with Crippen molar-refractivity contribution in [2.24, 2.45) is 5.92 Å². The molecule has 0 radical (unpaired) electrons. The predicted octanol–water partition coefficient (Wildman–Crippen LogP) is 7.14. The molecule has 1 aliphatic rings. The first kappa shape index (κ1) is 21.6. The van der Waals surface area contributed by atoms with Gasteiger partial charge in [-0.15, -0.1) is 0 Å². The number of esters is 1. The summed E-state index contributed by atoms with van der Waals surface area (Å²) in [5.41, 5.74) is 0. The number of carbonyl (C=O) groups is 1. The molecule has 0 bridgehead atoms. The number of rotatable bonds is 16. The third kappa shape index (κ3) is 11.2. The Bertz CT molecular complexity index is 341. The van der Waals surface area contributed by atoms with Gasteiger partial charge >= 0.3 is 5.97 Å². The molecule has 2 nitrogen and oxygen atoms in total. The normalized spacial score (nSPS) is 17.5. The molecular weight excluding hydrogens is 316 g/mol. The number of cyclic esters (lactones) is 1. The van der Waals surface area contributed by atoms with Crippen LogP contribution in [0.15, 0.2) is 0 Å². The second kappa shape index (κ2) is 14.9. The van der Waals surface area contributed by atoms with Gasteiger partial charge in [-0.05, 0) is 18.6 Å². The van der Waals surface area contributed by atoms with E-state index < -0.39 is 0 Å². The Balaban J connectivity index is 1.73. The fourth-order valence-electron chi connectivity index (χ4n) is 3.50. The summed E-state index contributed by atoms with van der Waals surface area (Å²) in [6.45, 7) is 2.28. The first-order valence-electron chi connectivity index (χ1n) is 10.5. The molecule has 1 rings (SSSR count). The van der Waals surface area contributed by atoms with Crippen LogP contribution >= 0.6 is 12.2 Å². The van der Waals surface area contributed by atoms with Gasteiger partial charge in [0.15, 0.2) is 5.05 Å². The Morgan fingerprint density at radius 1 is 0.792 bits per heavy atom. The summed E-state index contributed by atoms with van der Waals surface area (Å²) >= 11 is 5.08. The fourth-order valence-corrected chi connectivity index (χ4v) is 3.80. The molecule has 0 aromatic carbocycles. The number of unbranched alkanes of at least 4 members (excludes halogenated alkanes) is 14. The number of carbonyl (C=O) groups excluding carboxylic acids is 1. The van der Waals surface area contributed by atoms with E-state index in [4.69, 9.17) is 17.0 Å². The van der Waals surface area contributed by atoms with E-state index in [9.17, 15) is 4.79 Å². The van der Waals surface area contributed by atoms with Crippen molar-refractivity contribution in [3.63, 3.8) is 0 Å². The highest BCUT2D eigenvalue weighted by Crippen LogP contribution is 2.23. The molecule has 0 saturated carbocycles. The molecular formula is C21H38O2S. The molecule has 0 spiro atoms. The van der Waals surface area contributed by atoms with Gasteiger partial charge < -0.3 is 4.74 Å². The summed E-state index contributed by atoms with van der Waals surface area (Å²) in [7, 11) is 0. The van der Waals surface area contributed by atoms with Gasteiger partial charge in [0.05, 0.1) is 6.42 Å². The molecule has 1 fully saturated rings. The van der Waals surface area contributed by atoms with Crippen molar-refractivity contribution in [2.75, 3.05) is 0 Å². The molecule has 1 unspecified atom stereocenters. The molecule has 24 heavy (non-hydrogen) atoms. The number of thiocarbonyl (C=S) groups is 1. The van der Waals surface area contributed by atoms with Crippen LogP contribution in [0, 0.1) is 5.92 Å². The Labute approximate surface area is 155 Å². The van der Waals surface area contributed by atoms with Gasteiger partial charge in [0.2, 0.25) is 0 Å². The summed E-state index contributed by atoms with van der Waals surface area (Å²) in [6, 6.07) is 0. The quantitative estimate of drug-likeness (QED) is 0.167. The molecule has 0 aromatic heterocycles.